The van der Waals surface area contributed by atoms with Gasteiger partial charge in [-0.25, -0.2) is 4.79 Å². The van der Waals surface area contributed by atoms with Crippen LogP contribution in [0.25, 0.3) is 0 Å². The van der Waals surface area contributed by atoms with Gasteiger partial charge >= 0.3 is 5.97 Å². The first-order valence-electron chi connectivity index (χ1n) is 5.49. The third-order valence-corrected chi connectivity index (χ3v) is 3.40. The molecule has 5 nitrogen and oxygen atoms in total. The van der Waals surface area contributed by atoms with Crippen molar-refractivity contribution in [2.24, 2.45) is 11.1 Å². The SMILES string of the molecule is COC(=O)c1sccc1NC(=O)[C@H](N)C(C)(C)C. The second kappa shape index (κ2) is 5.49. The van der Waals surface area contributed by atoms with Gasteiger partial charge in [-0.2, -0.15) is 0 Å². The van der Waals surface area contributed by atoms with Crippen LogP contribution < -0.4 is 11.1 Å². The first-order valence-corrected chi connectivity index (χ1v) is 6.37. The molecule has 1 amide bonds. The van der Waals surface area contributed by atoms with Crippen molar-refractivity contribution in [1.82, 2.24) is 0 Å². The van der Waals surface area contributed by atoms with E-state index >= 15 is 0 Å². The molecule has 1 atom stereocenters. The third-order valence-electron chi connectivity index (χ3n) is 2.51. The molecule has 0 radical (unpaired) electrons. The number of amides is 1. The van der Waals surface area contributed by atoms with Crippen molar-refractivity contribution in [2.75, 3.05) is 12.4 Å². The highest BCUT2D eigenvalue weighted by Gasteiger charge is 2.28. The molecule has 18 heavy (non-hydrogen) atoms. The number of nitrogens with two attached hydrogens (primary N) is 1. The molecule has 1 heterocycles. The second-order valence-corrected chi connectivity index (χ2v) is 5.90. The predicted molar refractivity (Wildman–Crippen MR) is 71.7 cm³/mol. The third kappa shape index (κ3) is 3.30. The molecule has 0 saturated heterocycles. The van der Waals surface area contributed by atoms with E-state index < -0.39 is 12.0 Å². The first-order chi connectivity index (χ1) is 8.27. The number of carbonyl (C=O) groups is 2. The van der Waals surface area contributed by atoms with E-state index in [2.05, 4.69) is 10.1 Å². The van der Waals surface area contributed by atoms with Gasteiger partial charge in [-0.1, -0.05) is 20.8 Å². The number of hydrogen-bond acceptors (Lipinski definition) is 5. The standard InChI is InChI=1S/C12H18N2O3S/c1-12(2,3)9(13)10(15)14-7-5-6-18-8(7)11(16)17-4/h5-6,9H,13H2,1-4H3,(H,14,15)/t9-/m0/s1. The minimum absolute atomic E-state index is 0.314. The molecule has 0 aliphatic heterocycles. The first kappa shape index (κ1) is 14.7. The van der Waals surface area contributed by atoms with E-state index in [-0.39, 0.29) is 11.3 Å². The molecule has 0 aliphatic carbocycles. The van der Waals surface area contributed by atoms with Gasteiger partial charge in [0.1, 0.15) is 4.88 Å². The maximum atomic E-state index is 11.9. The van der Waals surface area contributed by atoms with E-state index in [1.165, 1.54) is 18.4 Å². The Labute approximate surface area is 110 Å². The van der Waals surface area contributed by atoms with Gasteiger partial charge in [0, 0.05) is 0 Å². The summed E-state index contributed by atoms with van der Waals surface area (Å²) in [5.74, 6) is -0.782. The summed E-state index contributed by atoms with van der Waals surface area (Å²) in [6, 6.07) is 1.01. The van der Waals surface area contributed by atoms with Gasteiger partial charge in [-0.15, -0.1) is 11.3 Å². The molecule has 0 bridgehead atoms. The number of anilines is 1. The van der Waals surface area contributed by atoms with E-state index in [1.54, 1.807) is 11.4 Å². The van der Waals surface area contributed by atoms with Crippen LogP contribution >= 0.6 is 11.3 Å². The lowest BCUT2D eigenvalue weighted by Crippen LogP contribution is -2.45. The molecule has 100 valence electrons. The van der Waals surface area contributed by atoms with Crippen LogP contribution in [0.15, 0.2) is 11.4 Å². The predicted octanol–water partition coefficient (Wildman–Crippen LogP) is 1.85. The van der Waals surface area contributed by atoms with Crippen molar-refractivity contribution >= 4 is 28.9 Å². The number of ether oxygens (including phenoxy) is 1. The van der Waals surface area contributed by atoms with E-state index in [0.717, 1.165) is 0 Å². The van der Waals surface area contributed by atoms with Crippen LogP contribution in [-0.4, -0.2) is 25.0 Å². The summed E-state index contributed by atoms with van der Waals surface area (Å²) in [6.07, 6.45) is 0. The highest BCUT2D eigenvalue weighted by Crippen LogP contribution is 2.25. The number of hydrogen-bond donors (Lipinski definition) is 2. The van der Waals surface area contributed by atoms with Crippen molar-refractivity contribution in [3.8, 4) is 0 Å². The highest BCUT2D eigenvalue weighted by molar-refractivity contribution is 7.12. The van der Waals surface area contributed by atoms with E-state index in [9.17, 15) is 9.59 Å². The second-order valence-electron chi connectivity index (χ2n) is 4.99. The fourth-order valence-electron chi connectivity index (χ4n) is 1.26. The summed E-state index contributed by atoms with van der Waals surface area (Å²) in [4.78, 5) is 23.8. The lowest BCUT2D eigenvalue weighted by molar-refractivity contribution is -0.119. The Morgan fingerprint density at radius 2 is 2.06 bits per heavy atom. The number of methoxy groups -OCH3 is 1. The van der Waals surface area contributed by atoms with Crippen molar-refractivity contribution in [1.29, 1.82) is 0 Å². The van der Waals surface area contributed by atoms with Gasteiger partial charge in [0.15, 0.2) is 0 Å². The zero-order chi connectivity index (χ0) is 13.9. The number of esters is 1. The summed E-state index contributed by atoms with van der Waals surface area (Å²) in [6.45, 7) is 5.64. The molecule has 1 aromatic heterocycles. The average molecular weight is 270 g/mol. The van der Waals surface area contributed by atoms with Crippen molar-refractivity contribution in [3.63, 3.8) is 0 Å². The number of nitrogens with one attached hydrogen (secondary N) is 1. The summed E-state index contributed by atoms with van der Waals surface area (Å²) in [7, 11) is 1.30. The Balaban J connectivity index is 2.83. The van der Waals surface area contributed by atoms with E-state index in [1.807, 2.05) is 20.8 Å². The maximum Gasteiger partial charge on any atom is 0.350 e. The molecular formula is C12H18N2O3S. The molecule has 0 aromatic carbocycles. The lowest BCUT2D eigenvalue weighted by atomic mass is 9.87. The van der Waals surface area contributed by atoms with Crippen LogP contribution in [0, 0.1) is 5.41 Å². The van der Waals surface area contributed by atoms with Crippen LogP contribution in [0.5, 0.6) is 0 Å². The molecule has 0 spiro atoms. The molecule has 1 aromatic rings. The van der Waals surface area contributed by atoms with Crippen LogP contribution in [0.4, 0.5) is 5.69 Å². The minimum Gasteiger partial charge on any atom is -0.465 e. The Kier molecular flexibility index (Phi) is 4.48. The maximum absolute atomic E-state index is 11.9. The Morgan fingerprint density at radius 3 is 2.56 bits per heavy atom. The molecule has 0 aliphatic rings. The lowest BCUT2D eigenvalue weighted by Gasteiger charge is -2.25. The number of carbonyl (C=O) groups excluding carboxylic acids is 2. The van der Waals surface area contributed by atoms with Crippen LogP contribution in [-0.2, 0) is 9.53 Å². The molecule has 3 N–H and O–H groups in total. The van der Waals surface area contributed by atoms with Crippen LogP contribution in [0.3, 0.4) is 0 Å². The average Bonchev–Trinajstić information content (AvgIpc) is 2.73. The van der Waals surface area contributed by atoms with Crippen molar-refractivity contribution in [2.45, 2.75) is 26.8 Å². The summed E-state index contributed by atoms with van der Waals surface area (Å²) >= 11 is 1.21. The number of thiophene rings is 1. The largest absolute Gasteiger partial charge is 0.465 e. The van der Waals surface area contributed by atoms with Crippen LogP contribution in [0.1, 0.15) is 30.4 Å². The molecule has 0 fully saturated rings. The molecule has 6 heteroatoms. The summed E-state index contributed by atoms with van der Waals surface area (Å²) < 4.78 is 4.63. The van der Waals surface area contributed by atoms with Gasteiger partial charge in [-0.05, 0) is 16.9 Å². The Hall–Kier alpha value is -1.40. The van der Waals surface area contributed by atoms with E-state index in [4.69, 9.17) is 5.73 Å². The molecule has 1 rings (SSSR count). The minimum atomic E-state index is -0.650. The smallest absolute Gasteiger partial charge is 0.350 e. The van der Waals surface area contributed by atoms with E-state index in [0.29, 0.717) is 10.6 Å². The summed E-state index contributed by atoms with van der Waals surface area (Å²) in [5, 5.41) is 4.37. The normalized spacial score (nSPS) is 12.9. The zero-order valence-corrected chi connectivity index (χ0v) is 11.8. The molecule has 0 saturated carbocycles. The summed E-state index contributed by atoms with van der Waals surface area (Å²) in [5.41, 5.74) is 5.94. The van der Waals surface area contributed by atoms with Crippen molar-refractivity contribution in [3.05, 3.63) is 16.3 Å². The zero-order valence-electron chi connectivity index (χ0n) is 10.9. The highest BCUT2D eigenvalue weighted by atomic mass is 32.1. The van der Waals surface area contributed by atoms with Crippen LogP contribution in [0.2, 0.25) is 0 Å². The van der Waals surface area contributed by atoms with Gasteiger partial charge in [0.2, 0.25) is 5.91 Å². The van der Waals surface area contributed by atoms with Gasteiger partial charge < -0.3 is 15.8 Å². The Morgan fingerprint density at radius 1 is 1.44 bits per heavy atom. The van der Waals surface area contributed by atoms with Gasteiger partial charge in [0.25, 0.3) is 0 Å². The molecule has 0 unspecified atom stereocenters. The number of rotatable bonds is 3. The Bertz CT molecular complexity index is 448. The monoisotopic (exact) mass is 270 g/mol. The molecular weight excluding hydrogens is 252 g/mol. The fourth-order valence-corrected chi connectivity index (χ4v) is 2.03. The van der Waals surface area contributed by atoms with Gasteiger partial charge in [0.05, 0.1) is 18.8 Å². The van der Waals surface area contributed by atoms with Crippen molar-refractivity contribution < 1.29 is 14.3 Å². The fraction of sp³-hybridized carbons (Fsp3) is 0.500. The quantitative estimate of drug-likeness (QED) is 0.821. The topological polar surface area (TPSA) is 81.4 Å². The van der Waals surface area contributed by atoms with Gasteiger partial charge in [-0.3, -0.25) is 4.79 Å².